The van der Waals surface area contributed by atoms with Gasteiger partial charge in [0.05, 0.1) is 12.2 Å². The Morgan fingerprint density at radius 3 is 2.23 bits per heavy atom. The average Bonchev–Trinajstić information content (AvgIpc) is 3.11. The van der Waals surface area contributed by atoms with E-state index in [1.54, 1.807) is 50.2 Å². The lowest BCUT2D eigenvalue weighted by atomic mass is 9.68. The van der Waals surface area contributed by atoms with Crippen molar-refractivity contribution < 1.29 is 23.6 Å². The molecule has 5 atom stereocenters. The summed E-state index contributed by atoms with van der Waals surface area (Å²) in [5, 5.41) is 12.1. The molecule has 0 amide bonds. The topological polar surface area (TPSA) is 91.8 Å². The van der Waals surface area contributed by atoms with Gasteiger partial charge in [-0.15, -0.1) is 0 Å². The van der Waals surface area contributed by atoms with E-state index < -0.39 is 35.9 Å². The van der Waals surface area contributed by atoms with Gasteiger partial charge in [-0.25, -0.2) is 0 Å². The van der Waals surface area contributed by atoms with E-state index in [1.165, 1.54) is 6.26 Å². The third-order valence-corrected chi connectivity index (χ3v) is 5.07. The maximum Gasteiger partial charge on any atom is 0.235 e. The number of carbonyl (C=O) groups excluding carboxylic acids is 1. The summed E-state index contributed by atoms with van der Waals surface area (Å²) in [6.45, 7) is 3.43. The van der Waals surface area contributed by atoms with Gasteiger partial charge in [0.2, 0.25) is 6.04 Å². The molecular weight excluding hydrogens is 338 g/mol. The molecule has 2 aromatic rings. The highest BCUT2D eigenvalue weighted by Gasteiger charge is 2.63. The molecule has 7 nitrogen and oxygen atoms in total. The summed E-state index contributed by atoms with van der Waals surface area (Å²) in [5.74, 6) is -2.48. The molecule has 7 heteroatoms. The van der Waals surface area contributed by atoms with Crippen LogP contribution in [0.4, 0.5) is 0 Å². The van der Waals surface area contributed by atoms with Gasteiger partial charge in [0.1, 0.15) is 23.9 Å². The van der Waals surface area contributed by atoms with Crippen LogP contribution in [0, 0.1) is 10.1 Å². The number of nitrogens with zero attached hydrogens (tertiary/aromatic N) is 1. The van der Waals surface area contributed by atoms with Crippen LogP contribution < -0.4 is 0 Å². The number of hydrogen-bond acceptors (Lipinski definition) is 6. The highest BCUT2D eigenvalue weighted by molar-refractivity contribution is 5.91. The van der Waals surface area contributed by atoms with Crippen molar-refractivity contribution in [3.05, 3.63) is 70.2 Å². The predicted molar refractivity (Wildman–Crippen MR) is 90.2 cm³/mol. The molecule has 1 aliphatic heterocycles. The monoisotopic (exact) mass is 357 g/mol. The van der Waals surface area contributed by atoms with E-state index in [0.29, 0.717) is 11.3 Å². The highest BCUT2D eigenvalue weighted by atomic mass is 16.7. The molecule has 26 heavy (non-hydrogen) atoms. The summed E-state index contributed by atoms with van der Waals surface area (Å²) >= 11 is 0. The van der Waals surface area contributed by atoms with E-state index in [9.17, 15) is 14.9 Å². The van der Waals surface area contributed by atoms with E-state index >= 15 is 0 Å². The number of Topliss-reactive ketones (excluding diaryl/α,β-unsaturated/α-hetero) is 1. The van der Waals surface area contributed by atoms with Crippen molar-refractivity contribution in [2.75, 3.05) is 0 Å². The van der Waals surface area contributed by atoms with Gasteiger partial charge in [0.15, 0.2) is 11.6 Å². The molecule has 1 saturated heterocycles. The number of ether oxygens (including phenoxy) is 2. The first kappa shape index (κ1) is 16.9. The third-order valence-electron chi connectivity index (χ3n) is 5.07. The fourth-order valence-electron chi connectivity index (χ4n) is 4.11. The molecule has 0 N–H and O–H groups in total. The summed E-state index contributed by atoms with van der Waals surface area (Å²) in [4.78, 5) is 24.8. The second kappa shape index (κ2) is 6.03. The minimum atomic E-state index is -1.10. The molecular formula is C19H19NO6. The number of rotatable bonds is 3. The zero-order chi connectivity index (χ0) is 18.5. The minimum absolute atomic E-state index is 0.280. The molecule has 2 heterocycles. The lowest BCUT2D eigenvalue weighted by Crippen LogP contribution is -2.64. The Morgan fingerprint density at radius 2 is 1.65 bits per heavy atom. The molecule has 1 aromatic heterocycles. The number of ketones is 1. The van der Waals surface area contributed by atoms with E-state index in [2.05, 4.69) is 0 Å². The maximum absolute atomic E-state index is 13.0. The maximum atomic E-state index is 13.0. The summed E-state index contributed by atoms with van der Waals surface area (Å²) in [7, 11) is 0. The normalized spacial score (nSPS) is 33.0. The molecule has 5 unspecified atom stereocenters. The largest absolute Gasteiger partial charge is 0.469 e. The Kier molecular flexibility index (Phi) is 3.93. The molecule has 4 rings (SSSR count). The van der Waals surface area contributed by atoms with Crippen LogP contribution in [0.15, 0.2) is 53.1 Å². The van der Waals surface area contributed by atoms with Gasteiger partial charge in [0.25, 0.3) is 0 Å². The Labute approximate surface area is 150 Å². The number of benzene rings is 1. The van der Waals surface area contributed by atoms with Crippen LogP contribution in [0.1, 0.15) is 37.0 Å². The number of hydrogen-bond donors (Lipinski definition) is 0. The van der Waals surface area contributed by atoms with Crippen LogP contribution in [0.2, 0.25) is 0 Å². The van der Waals surface area contributed by atoms with Crippen molar-refractivity contribution in [1.29, 1.82) is 0 Å². The second-order valence-electron chi connectivity index (χ2n) is 7.13. The lowest BCUT2D eigenvalue weighted by molar-refractivity contribution is -0.542. The fourth-order valence-corrected chi connectivity index (χ4v) is 4.11. The van der Waals surface area contributed by atoms with Gasteiger partial charge in [-0.1, -0.05) is 30.3 Å². The molecule has 136 valence electrons. The molecule has 1 aliphatic carbocycles. The molecule has 2 bridgehead atoms. The SMILES string of the molecule is CC1(C)OC2C(=O)C(O1)C(c1ccco1)C([N+](=O)[O-])C2c1ccccc1. The first-order valence-corrected chi connectivity index (χ1v) is 8.50. The van der Waals surface area contributed by atoms with Crippen LogP contribution in [-0.4, -0.2) is 34.7 Å². The molecule has 1 aromatic carbocycles. The Bertz CT molecular complexity index is 816. The quantitative estimate of drug-likeness (QED) is 0.619. The average molecular weight is 357 g/mol. The highest BCUT2D eigenvalue weighted by Crippen LogP contribution is 2.48. The van der Waals surface area contributed by atoms with E-state index in [4.69, 9.17) is 13.9 Å². The third kappa shape index (κ3) is 2.64. The van der Waals surface area contributed by atoms with Crippen LogP contribution in [0.25, 0.3) is 0 Å². The van der Waals surface area contributed by atoms with Gasteiger partial charge in [-0.2, -0.15) is 0 Å². The number of carbonyl (C=O) groups is 1. The second-order valence-corrected chi connectivity index (χ2v) is 7.13. The van der Waals surface area contributed by atoms with Crippen LogP contribution in [-0.2, 0) is 14.3 Å². The van der Waals surface area contributed by atoms with Gasteiger partial charge in [-0.05, 0) is 31.5 Å². The Balaban J connectivity index is 1.90. The predicted octanol–water partition coefficient (Wildman–Crippen LogP) is 2.90. The molecule has 1 saturated carbocycles. The van der Waals surface area contributed by atoms with Gasteiger partial charge in [0, 0.05) is 4.92 Å². The smallest absolute Gasteiger partial charge is 0.235 e. The number of fused-ring (bicyclic) bond motifs is 2. The van der Waals surface area contributed by atoms with Crippen LogP contribution in [0.5, 0.6) is 0 Å². The zero-order valence-electron chi connectivity index (χ0n) is 14.4. The standard InChI is InChI=1S/C19H19NO6/c1-19(2)25-17-13(11-7-4-3-5-8-11)15(20(22)23)14(12-9-6-10-24-12)18(26-19)16(17)21/h3-10,13-15,17-18H,1-2H3. The van der Waals surface area contributed by atoms with E-state index in [-0.39, 0.29) is 10.7 Å². The first-order valence-electron chi connectivity index (χ1n) is 8.50. The molecule has 2 fully saturated rings. The summed E-state index contributed by atoms with van der Waals surface area (Å²) in [5.41, 5.74) is 0.695. The molecule has 0 radical (unpaired) electrons. The molecule has 2 aliphatic rings. The number of furan rings is 1. The van der Waals surface area contributed by atoms with Crippen molar-refractivity contribution in [2.24, 2.45) is 0 Å². The van der Waals surface area contributed by atoms with Crippen molar-refractivity contribution >= 4 is 5.78 Å². The Morgan fingerprint density at radius 1 is 1.00 bits per heavy atom. The Hall–Kier alpha value is -2.51. The van der Waals surface area contributed by atoms with Crippen LogP contribution in [0.3, 0.4) is 0 Å². The van der Waals surface area contributed by atoms with E-state index in [0.717, 1.165) is 0 Å². The summed E-state index contributed by atoms with van der Waals surface area (Å²) in [6, 6.07) is 11.2. The van der Waals surface area contributed by atoms with Crippen LogP contribution >= 0.6 is 0 Å². The summed E-state index contributed by atoms with van der Waals surface area (Å²) in [6.07, 6.45) is -0.469. The van der Waals surface area contributed by atoms with Crippen molar-refractivity contribution in [3.8, 4) is 0 Å². The summed E-state index contributed by atoms with van der Waals surface area (Å²) < 4.78 is 17.2. The zero-order valence-corrected chi connectivity index (χ0v) is 14.4. The van der Waals surface area contributed by atoms with E-state index in [1.807, 2.05) is 6.07 Å². The lowest BCUT2D eigenvalue weighted by Gasteiger charge is -2.49. The van der Waals surface area contributed by atoms with Gasteiger partial charge in [-0.3, -0.25) is 14.9 Å². The van der Waals surface area contributed by atoms with Crippen molar-refractivity contribution in [3.63, 3.8) is 0 Å². The molecule has 0 spiro atoms. The van der Waals surface area contributed by atoms with Gasteiger partial charge < -0.3 is 13.9 Å². The fraction of sp³-hybridized carbons (Fsp3) is 0.421. The van der Waals surface area contributed by atoms with Gasteiger partial charge >= 0.3 is 0 Å². The van der Waals surface area contributed by atoms with Crippen molar-refractivity contribution in [2.45, 2.75) is 49.7 Å². The number of nitro groups is 1. The minimum Gasteiger partial charge on any atom is -0.469 e. The first-order chi connectivity index (χ1) is 12.4. The van der Waals surface area contributed by atoms with Crippen molar-refractivity contribution in [1.82, 2.24) is 0 Å².